The molecular formula is C21H28N2O5. The van der Waals surface area contributed by atoms with Gasteiger partial charge in [0.05, 0.1) is 7.11 Å². The Labute approximate surface area is 165 Å². The molecule has 2 fully saturated rings. The van der Waals surface area contributed by atoms with Crippen molar-refractivity contribution in [1.82, 2.24) is 10.2 Å². The van der Waals surface area contributed by atoms with Gasteiger partial charge in [0.2, 0.25) is 0 Å². The molecule has 1 spiro atoms. The standard InChI is InChI=1S/C21H28N2O5/c1-14-9-20(2,3)13-21(10-14)18(25)23(19(26)22-21)11-17(24)28-12-15-5-7-16(27-4)8-6-15/h5-8,14H,9-13H2,1-4H3,(H,22,26)/t14-,21+/m0/s1. The van der Waals surface area contributed by atoms with Crippen LogP contribution in [0.4, 0.5) is 4.79 Å². The minimum atomic E-state index is -0.908. The lowest BCUT2D eigenvalue weighted by atomic mass is 9.64. The second-order valence-electron chi connectivity index (χ2n) is 8.77. The van der Waals surface area contributed by atoms with Crippen LogP contribution in [-0.2, 0) is 20.9 Å². The number of methoxy groups -OCH3 is 1. The fourth-order valence-electron chi connectivity index (χ4n) is 4.71. The van der Waals surface area contributed by atoms with Crippen LogP contribution in [0.5, 0.6) is 5.75 Å². The summed E-state index contributed by atoms with van der Waals surface area (Å²) >= 11 is 0. The molecule has 1 aliphatic heterocycles. The summed E-state index contributed by atoms with van der Waals surface area (Å²) in [5.74, 6) is 0.0947. The van der Waals surface area contributed by atoms with Crippen molar-refractivity contribution in [2.75, 3.05) is 13.7 Å². The number of urea groups is 1. The highest BCUT2D eigenvalue weighted by Crippen LogP contribution is 2.46. The second-order valence-corrected chi connectivity index (χ2v) is 8.77. The Hall–Kier alpha value is -2.57. The van der Waals surface area contributed by atoms with E-state index in [1.165, 1.54) is 0 Å². The van der Waals surface area contributed by atoms with Gasteiger partial charge in [-0.2, -0.15) is 0 Å². The lowest BCUT2D eigenvalue weighted by Crippen LogP contribution is -2.54. The number of hydrogen-bond acceptors (Lipinski definition) is 5. The first kappa shape index (κ1) is 20.2. The molecule has 7 heteroatoms. The van der Waals surface area contributed by atoms with Crippen molar-refractivity contribution in [2.45, 2.75) is 52.2 Å². The maximum absolute atomic E-state index is 13.0. The Morgan fingerprint density at radius 3 is 2.50 bits per heavy atom. The summed E-state index contributed by atoms with van der Waals surface area (Å²) < 4.78 is 10.3. The van der Waals surface area contributed by atoms with Gasteiger partial charge < -0.3 is 14.8 Å². The van der Waals surface area contributed by atoms with Crippen LogP contribution in [-0.4, -0.2) is 42.0 Å². The van der Waals surface area contributed by atoms with Crippen LogP contribution in [0.1, 0.15) is 45.6 Å². The molecule has 1 aromatic carbocycles. The number of carbonyl (C=O) groups excluding carboxylic acids is 3. The van der Waals surface area contributed by atoms with Gasteiger partial charge >= 0.3 is 12.0 Å². The third kappa shape index (κ3) is 4.13. The zero-order valence-corrected chi connectivity index (χ0v) is 16.9. The summed E-state index contributed by atoms with van der Waals surface area (Å²) in [6.07, 6.45) is 2.17. The highest BCUT2D eigenvalue weighted by molar-refractivity contribution is 6.08. The summed E-state index contributed by atoms with van der Waals surface area (Å²) in [6.45, 7) is 6.00. The Bertz CT molecular complexity index is 774. The van der Waals surface area contributed by atoms with E-state index in [-0.39, 0.29) is 24.5 Å². The smallest absolute Gasteiger partial charge is 0.326 e. The summed E-state index contributed by atoms with van der Waals surface area (Å²) in [5, 5.41) is 2.86. The summed E-state index contributed by atoms with van der Waals surface area (Å²) in [7, 11) is 1.58. The molecule has 1 heterocycles. The van der Waals surface area contributed by atoms with Gasteiger partial charge in [0.15, 0.2) is 0 Å². The molecule has 1 saturated heterocycles. The number of ether oxygens (including phenoxy) is 2. The van der Waals surface area contributed by atoms with Crippen LogP contribution in [0, 0.1) is 11.3 Å². The SMILES string of the molecule is COc1ccc(COC(=O)CN2C(=O)N[C@@]3(C[C@@H](C)CC(C)(C)C3)C2=O)cc1. The number of imide groups is 1. The highest BCUT2D eigenvalue weighted by Gasteiger charge is 2.56. The molecule has 7 nitrogen and oxygen atoms in total. The molecule has 0 bridgehead atoms. The predicted octanol–water partition coefficient (Wildman–Crippen LogP) is 2.88. The quantitative estimate of drug-likeness (QED) is 0.619. The van der Waals surface area contributed by atoms with Gasteiger partial charge in [0.25, 0.3) is 5.91 Å². The molecule has 0 radical (unpaired) electrons. The number of hydrogen-bond donors (Lipinski definition) is 1. The van der Waals surface area contributed by atoms with Crippen molar-refractivity contribution >= 4 is 17.9 Å². The average molecular weight is 388 g/mol. The van der Waals surface area contributed by atoms with Crippen LogP contribution < -0.4 is 10.1 Å². The van der Waals surface area contributed by atoms with Gasteiger partial charge in [-0.25, -0.2) is 4.79 Å². The minimum absolute atomic E-state index is 0.0501. The summed E-state index contributed by atoms with van der Waals surface area (Å²) in [4.78, 5) is 38.7. The van der Waals surface area contributed by atoms with Crippen molar-refractivity contribution in [1.29, 1.82) is 0 Å². The molecule has 1 N–H and O–H groups in total. The van der Waals surface area contributed by atoms with E-state index in [1.807, 2.05) is 0 Å². The number of rotatable bonds is 5. The zero-order chi connectivity index (χ0) is 20.5. The van der Waals surface area contributed by atoms with Crippen molar-refractivity contribution in [3.63, 3.8) is 0 Å². The van der Waals surface area contributed by atoms with E-state index < -0.39 is 17.5 Å². The van der Waals surface area contributed by atoms with Gasteiger partial charge in [-0.1, -0.05) is 32.9 Å². The number of nitrogens with zero attached hydrogens (tertiary/aromatic N) is 1. The minimum Gasteiger partial charge on any atom is -0.497 e. The Morgan fingerprint density at radius 2 is 1.89 bits per heavy atom. The second kappa shape index (κ2) is 7.45. The van der Waals surface area contributed by atoms with Crippen LogP contribution in [0.3, 0.4) is 0 Å². The molecule has 152 valence electrons. The lowest BCUT2D eigenvalue weighted by Gasteiger charge is -2.43. The van der Waals surface area contributed by atoms with Crippen molar-refractivity contribution < 1.29 is 23.9 Å². The van der Waals surface area contributed by atoms with Crippen LogP contribution in [0.2, 0.25) is 0 Å². The van der Waals surface area contributed by atoms with Gasteiger partial charge in [-0.15, -0.1) is 0 Å². The third-order valence-electron chi connectivity index (χ3n) is 5.47. The molecule has 3 rings (SSSR count). The third-order valence-corrected chi connectivity index (χ3v) is 5.47. The van der Waals surface area contributed by atoms with E-state index in [4.69, 9.17) is 9.47 Å². The molecule has 2 atom stereocenters. The number of benzene rings is 1. The van der Waals surface area contributed by atoms with Crippen molar-refractivity contribution in [3.05, 3.63) is 29.8 Å². The highest BCUT2D eigenvalue weighted by atomic mass is 16.5. The first-order valence-corrected chi connectivity index (χ1v) is 9.57. The maximum atomic E-state index is 13.0. The molecular weight excluding hydrogens is 360 g/mol. The van der Waals surface area contributed by atoms with Gasteiger partial charge in [0.1, 0.15) is 24.4 Å². The largest absolute Gasteiger partial charge is 0.497 e. The molecule has 1 aromatic rings. The lowest BCUT2D eigenvalue weighted by molar-refractivity contribution is -0.149. The number of carbonyl (C=O) groups is 3. The van der Waals surface area contributed by atoms with Crippen molar-refractivity contribution in [3.8, 4) is 5.75 Å². The van der Waals surface area contributed by atoms with E-state index >= 15 is 0 Å². The Morgan fingerprint density at radius 1 is 1.21 bits per heavy atom. The molecule has 0 unspecified atom stereocenters. The van der Waals surface area contributed by atoms with Crippen LogP contribution >= 0.6 is 0 Å². The van der Waals surface area contributed by atoms with Crippen LogP contribution in [0.25, 0.3) is 0 Å². The maximum Gasteiger partial charge on any atom is 0.326 e. The molecule has 1 saturated carbocycles. The fraction of sp³-hybridized carbons (Fsp3) is 0.571. The van der Waals surface area contributed by atoms with E-state index in [0.717, 1.165) is 16.9 Å². The van der Waals surface area contributed by atoms with Gasteiger partial charge in [-0.05, 0) is 48.3 Å². The topological polar surface area (TPSA) is 84.9 Å². The first-order valence-electron chi connectivity index (χ1n) is 9.57. The number of esters is 1. The normalized spacial score (nSPS) is 26.3. The molecule has 0 aromatic heterocycles. The molecule has 1 aliphatic carbocycles. The first-order chi connectivity index (χ1) is 13.1. The van der Waals surface area contributed by atoms with E-state index in [2.05, 4.69) is 26.1 Å². The summed E-state index contributed by atoms with van der Waals surface area (Å²) in [6, 6.07) is 6.61. The van der Waals surface area contributed by atoms with Crippen molar-refractivity contribution in [2.24, 2.45) is 11.3 Å². The predicted molar refractivity (Wildman–Crippen MR) is 103 cm³/mol. The molecule has 28 heavy (non-hydrogen) atoms. The van der Waals surface area contributed by atoms with E-state index in [9.17, 15) is 14.4 Å². The monoisotopic (exact) mass is 388 g/mol. The van der Waals surface area contributed by atoms with Crippen LogP contribution in [0.15, 0.2) is 24.3 Å². The van der Waals surface area contributed by atoms with E-state index in [0.29, 0.717) is 24.5 Å². The Balaban J connectivity index is 1.61. The van der Waals surface area contributed by atoms with Gasteiger partial charge in [-0.3, -0.25) is 14.5 Å². The zero-order valence-electron chi connectivity index (χ0n) is 16.9. The number of nitrogens with one attached hydrogen (secondary N) is 1. The molecule has 2 aliphatic rings. The molecule has 3 amide bonds. The van der Waals surface area contributed by atoms with E-state index in [1.54, 1.807) is 31.4 Å². The average Bonchev–Trinajstić information content (AvgIpc) is 2.82. The Kier molecular flexibility index (Phi) is 5.37. The van der Waals surface area contributed by atoms with Gasteiger partial charge in [0, 0.05) is 0 Å². The number of amides is 3. The summed E-state index contributed by atoms with van der Waals surface area (Å²) in [5.41, 5.74) is -0.161. The fourth-order valence-corrected chi connectivity index (χ4v) is 4.71.